The van der Waals surface area contributed by atoms with E-state index in [9.17, 15) is 5.11 Å². The number of hydrogen-bond donors (Lipinski definition) is 1. The first kappa shape index (κ1) is 22.7. The summed E-state index contributed by atoms with van der Waals surface area (Å²) in [6.45, 7) is 9.07. The van der Waals surface area contributed by atoms with E-state index in [1.807, 2.05) is 0 Å². The van der Waals surface area contributed by atoms with E-state index in [1.165, 1.54) is 66.5 Å². The monoisotopic (exact) mass is 459 g/mol. The highest BCUT2D eigenvalue weighted by molar-refractivity contribution is 5.54. The molecule has 4 aliphatic rings. The molecule has 6 rings (SSSR count). The van der Waals surface area contributed by atoms with Gasteiger partial charge in [-0.1, -0.05) is 77.6 Å². The highest BCUT2D eigenvalue weighted by Gasteiger charge is 2.53. The lowest BCUT2D eigenvalue weighted by Crippen LogP contribution is -2.32. The lowest BCUT2D eigenvalue weighted by atomic mass is 9.70. The summed E-state index contributed by atoms with van der Waals surface area (Å²) >= 11 is 0. The van der Waals surface area contributed by atoms with Gasteiger partial charge in [-0.3, -0.25) is 4.98 Å². The molecule has 1 unspecified atom stereocenters. The lowest BCUT2D eigenvalue weighted by Gasteiger charge is -2.38. The highest BCUT2D eigenvalue weighted by Crippen LogP contribution is 2.60. The summed E-state index contributed by atoms with van der Waals surface area (Å²) in [5, 5.41) is 11.5. The Bertz CT molecular complexity index is 1070. The van der Waals surface area contributed by atoms with Gasteiger partial charge >= 0.3 is 0 Å². The number of pyridine rings is 1. The maximum absolute atomic E-state index is 11.5. The predicted octanol–water partition coefficient (Wildman–Crippen LogP) is 7.76. The van der Waals surface area contributed by atoms with Crippen molar-refractivity contribution < 1.29 is 9.84 Å². The largest absolute Gasteiger partial charge is 0.388 e. The Morgan fingerprint density at radius 3 is 2.29 bits per heavy atom. The molecule has 1 aromatic carbocycles. The van der Waals surface area contributed by atoms with E-state index in [2.05, 4.69) is 52.0 Å². The second kappa shape index (κ2) is 8.17. The lowest BCUT2D eigenvalue weighted by molar-refractivity contribution is -0.0580. The molecule has 2 heterocycles. The van der Waals surface area contributed by atoms with Crippen LogP contribution >= 0.6 is 0 Å². The Morgan fingerprint density at radius 1 is 0.971 bits per heavy atom. The summed E-state index contributed by atoms with van der Waals surface area (Å²) in [5.41, 5.74) is 8.75. The maximum Gasteiger partial charge on any atom is 0.111 e. The van der Waals surface area contributed by atoms with Crippen molar-refractivity contribution in [1.29, 1.82) is 0 Å². The van der Waals surface area contributed by atoms with E-state index in [1.54, 1.807) is 0 Å². The molecule has 182 valence electrons. The number of nitrogens with zero attached hydrogens (tertiary/aromatic N) is 1. The molecular weight excluding hydrogens is 418 g/mol. The van der Waals surface area contributed by atoms with Gasteiger partial charge in [0.2, 0.25) is 0 Å². The quantitative estimate of drug-likeness (QED) is 0.510. The van der Waals surface area contributed by atoms with Crippen LogP contribution in [0.3, 0.4) is 0 Å². The zero-order chi connectivity index (χ0) is 23.7. The van der Waals surface area contributed by atoms with Gasteiger partial charge in [0.1, 0.15) is 6.10 Å². The van der Waals surface area contributed by atoms with Crippen molar-refractivity contribution in [1.82, 2.24) is 4.98 Å². The molecule has 1 aliphatic heterocycles. The van der Waals surface area contributed by atoms with E-state index in [0.717, 1.165) is 36.9 Å². The molecule has 0 radical (unpaired) electrons. The van der Waals surface area contributed by atoms with E-state index in [0.29, 0.717) is 11.8 Å². The van der Waals surface area contributed by atoms with Gasteiger partial charge in [0.05, 0.1) is 17.4 Å². The van der Waals surface area contributed by atoms with Gasteiger partial charge in [-0.2, -0.15) is 0 Å². The van der Waals surface area contributed by atoms with Crippen molar-refractivity contribution in [3.8, 4) is 0 Å². The summed E-state index contributed by atoms with van der Waals surface area (Å²) in [6.07, 6.45) is 10.9. The maximum atomic E-state index is 11.5. The summed E-state index contributed by atoms with van der Waals surface area (Å²) in [7, 11) is 0. The number of hydrogen-bond acceptors (Lipinski definition) is 3. The van der Waals surface area contributed by atoms with E-state index in [4.69, 9.17) is 9.72 Å². The zero-order valence-electron chi connectivity index (χ0n) is 21.5. The number of ether oxygens (including phenoxy) is 1. The number of aliphatic hydroxyl groups is 1. The number of benzene rings is 1. The number of aromatic nitrogens is 1. The van der Waals surface area contributed by atoms with Gasteiger partial charge in [-0.05, 0) is 66.5 Å². The fraction of sp³-hybridized carbons (Fsp3) is 0.645. The van der Waals surface area contributed by atoms with Crippen LogP contribution < -0.4 is 0 Å². The van der Waals surface area contributed by atoms with Crippen LogP contribution in [0.2, 0.25) is 0 Å². The third kappa shape index (κ3) is 3.57. The molecule has 0 amide bonds. The van der Waals surface area contributed by atoms with Crippen molar-refractivity contribution in [3.63, 3.8) is 0 Å². The molecular formula is C31H41NO2. The van der Waals surface area contributed by atoms with Crippen LogP contribution in [0.1, 0.15) is 149 Å². The summed E-state index contributed by atoms with van der Waals surface area (Å²) in [6, 6.07) is 9.13. The first-order valence-electron chi connectivity index (χ1n) is 13.8. The molecule has 1 spiro atoms. The average Bonchev–Trinajstić information content (AvgIpc) is 3.54. The van der Waals surface area contributed by atoms with Crippen molar-refractivity contribution in [2.75, 3.05) is 0 Å². The van der Waals surface area contributed by atoms with Gasteiger partial charge in [-0.25, -0.2) is 0 Å². The van der Waals surface area contributed by atoms with Crippen LogP contribution in [0.5, 0.6) is 0 Å². The fourth-order valence-corrected chi connectivity index (χ4v) is 7.54. The van der Waals surface area contributed by atoms with Gasteiger partial charge in [-0.15, -0.1) is 0 Å². The molecule has 3 nitrogen and oxygen atoms in total. The highest BCUT2D eigenvalue weighted by atomic mass is 16.5. The third-order valence-corrected chi connectivity index (χ3v) is 9.23. The molecule has 3 aliphatic carbocycles. The fourth-order valence-electron chi connectivity index (χ4n) is 7.54. The first-order valence-corrected chi connectivity index (χ1v) is 13.8. The predicted molar refractivity (Wildman–Crippen MR) is 136 cm³/mol. The number of fused-ring (bicyclic) bond motifs is 4. The topological polar surface area (TPSA) is 42.4 Å². The van der Waals surface area contributed by atoms with Crippen LogP contribution in [-0.4, -0.2) is 10.1 Å². The minimum atomic E-state index is -0.444. The number of aliphatic hydroxyl groups excluding tert-OH is 1. The molecule has 0 bridgehead atoms. The van der Waals surface area contributed by atoms with Crippen molar-refractivity contribution in [2.45, 2.75) is 122 Å². The summed E-state index contributed by atoms with van der Waals surface area (Å²) in [5.74, 6) is 1.05. The smallest absolute Gasteiger partial charge is 0.111 e. The van der Waals surface area contributed by atoms with E-state index < -0.39 is 6.10 Å². The Morgan fingerprint density at radius 2 is 1.65 bits per heavy atom. The summed E-state index contributed by atoms with van der Waals surface area (Å²) < 4.78 is 7.18. The van der Waals surface area contributed by atoms with E-state index in [-0.39, 0.29) is 17.1 Å². The van der Waals surface area contributed by atoms with Gasteiger partial charge in [0.25, 0.3) is 0 Å². The molecule has 2 saturated carbocycles. The minimum absolute atomic E-state index is 0.0650. The second-order valence-corrected chi connectivity index (χ2v) is 12.7. The Balaban J connectivity index is 1.58. The van der Waals surface area contributed by atoms with Crippen LogP contribution in [0.25, 0.3) is 0 Å². The first-order chi connectivity index (χ1) is 16.3. The molecule has 3 heteroatoms. The standard InChI is InChI=1S/C31H41NO2/c1-19(2)20-11-13-22(14-12-20)29-26-27(31(34-29)15-7-8-16-31)25-23(17-30(3,4)18-24(25)33)32-28(26)21-9-5-6-10-21/h11-14,19,21,24,29,33H,5-10,15-18H2,1-4H3/t24?,29-/m1/s1. The van der Waals surface area contributed by atoms with Gasteiger partial charge < -0.3 is 9.84 Å². The second-order valence-electron chi connectivity index (χ2n) is 12.7. The molecule has 2 aromatic rings. The number of rotatable bonds is 3. The van der Waals surface area contributed by atoms with Gasteiger partial charge in [0.15, 0.2) is 0 Å². The average molecular weight is 460 g/mol. The summed E-state index contributed by atoms with van der Waals surface area (Å²) in [4.78, 5) is 5.45. The van der Waals surface area contributed by atoms with Crippen LogP contribution in [0.4, 0.5) is 0 Å². The van der Waals surface area contributed by atoms with Crippen LogP contribution in [0.15, 0.2) is 24.3 Å². The minimum Gasteiger partial charge on any atom is -0.388 e. The Labute approximate surface area is 205 Å². The van der Waals surface area contributed by atoms with Crippen LogP contribution in [0, 0.1) is 5.41 Å². The molecule has 0 saturated heterocycles. The van der Waals surface area contributed by atoms with Crippen molar-refractivity contribution in [2.24, 2.45) is 5.41 Å². The normalized spacial score (nSPS) is 27.5. The molecule has 1 aromatic heterocycles. The van der Waals surface area contributed by atoms with Crippen molar-refractivity contribution in [3.05, 3.63) is 63.5 Å². The van der Waals surface area contributed by atoms with Gasteiger partial charge in [0, 0.05) is 22.7 Å². The molecule has 2 fully saturated rings. The molecule has 34 heavy (non-hydrogen) atoms. The van der Waals surface area contributed by atoms with Crippen molar-refractivity contribution >= 4 is 0 Å². The Kier molecular flexibility index (Phi) is 5.46. The third-order valence-electron chi connectivity index (χ3n) is 9.23. The SMILES string of the molecule is CC(C)c1ccc([C@H]2OC3(CCCC3)c3c4c(nc(C5CCCC5)c32)CC(C)(C)CC4O)cc1. The van der Waals surface area contributed by atoms with E-state index >= 15 is 0 Å². The molecule has 1 N–H and O–H groups in total. The Hall–Kier alpha value is -1.71. The van der Waals surface area contributed by atoms with Crippen LogP contribution in [-0.2, 0) is 16.8 Å². The zero-order valence-corrected chi connectivity index (χ0v) is 21.5. The molecule has 2 atom stereocenters.